The molecule has 0 saturated heterocycles. The molecule has 12 rings (SSSR count). The molecule has 0 fully saturated rings. The van der Waals surface area contributed by atoms with Crippen molar-refractivity contribution >= 4 is 59.3 Å². The number of hydrogen-bond donors (Lipinski definition) is 0. The average Bonchev–Trinajstić information content (AvgIpc) is 3.86. The van der Waals surface area contributed by atoms with Gasteiger partial charge in [-0.1, -0.05) is 194 Å². The zero-order chi connectivity index (χ0) is 40.3. The van der Waals surface area contributed by atoms with Gasteiger partial charge in [0.15, 0.2) is 0 Å². The molecule has 1 aromatic heterocycles. The van der Waals surface area contributed by atoms with Gasteiger partial charge in [-0.3, -0.25) is 0 Å². The first kappa shape index (κ1) is 35.4. The average molecular weight is 794 g/mol. The van der Waals surface area contributed by atoms with Crippen LogP contribution in [0.25, 0.3) is 64.3 Å². The third-order valence-corrected chi connectivity index (χ3v) is 13.9. The van der Waals surface area contributed by atoms with Crippen molar-refractivity contribution in [2.45, 2.75) is 5.41 Å². The van der Waals surface area contributed by atoms with Crippen LogP contribution in [0.15, 0.2) is 237 Å². The zero-order valence-electron chi connectivity index (χ0n) is 33.4. The van der Waals surface area contributed by atoms with Crippen molar-refractivity contribution in [1.82, 2.24) is 0 Å². The minimum absolute atomic E-state index is 0.522. The van der Waals surface area contributed by atoms with E-state index < -0.39 is 5.41 Å². The van der Waals surface area contributed by atoms with Gasteiger partial charge in [0, 0.05) is 37.0 Å². The molecule has 1 aliphatic carbocycles. The van der Waals surface area contributed by atoms with Gasteiger partial charge < -0.3 is 4.90 Å². The second-order valence-electron chi connectivity index (χ2n) is 16.0. The summed E-state index contributed by atoms with van der Waals surface area (Å²) in [5.41, 5.74) is 15.2. The normalized spacial score (nSPS) is 12.7. The smallest absolute Gasteiger partial charge is 0.0714 e. The fourth-order valence-corrected chi connectivity index (χ4v) is 11.3. The van der Waals surface area contributed by atoms with Crippen LogP contribution in [0.5, 0.6) is 0 Å². The summed E-state index contributed by atoms with van der Waals surface area (Å²) in [5, 5.41) is 5.08. The fraction of sp³-hybridized carbons (Fsp3) is 0.0169. The first-order valence-corrected chi connectivity index (χ1v) is 21.8. The Hall–Kier alpha value is -7.52. The number of thiophene rings is 1. The molecule has 286 valence electrons. The molecule has 2 heteroatoms. The van der Waals surface area contributed by atoms with E-state index in [-0.39, 0.29) is 0 Å². The first-order chi connectivity index (χ1) is 30.3. The number of nitrogens with zero attached hydrogens (tertiary/aromatic N) is 1. The standard InChI is InChI=1S/C59H39NS/c1-3-21-43(22-4-1)59(44-23-5-2-6-24-44)52-31-12-9-29-50(52)58-53(59)32-17-34-55(58)60(45-25-15-20-41(38-45)47-30-16-19-40-18-7-8-26-46(40)47)54-33-13-10-27-48(54)42-36-37-57-51(39-42)49-28-11-14-35-56(49)61-57/h1-39H. The Labute approximate surface area is 360 Å². The highest BCUT2D eigenvalue weighted by atomic mass is 32.1. The van der Waals surface area contributed by atoms with E-state index in [1.807, 2.05) is 11.3 Å². The van der Waals surface area contributed by atoms with E-state index >= 15 is 0 Å². The van der Waals surface area contributed by atoms with Crippen LogP contribution in [0.2, 0.25) is 0 Å². The Morgan fingerprint density at radius 2 is 0.918 bits per heavy atom. The highest BCUT2D eigenvalue weighted by Crippen LogP contribution is 2.60. The van der Waals surface area contributed by atoms with Crippen LogP contribution in [0.4, 0.5) is 17.1 Å². The number of hydrogen-bond acceptors (Lipinski definition) is 2. The minimum atomic E-state index is -0.522. The maximum atomic E-state index is 2.53. The van der Waals surface area contributed by atoms with Crippen molar-refractivity contribution in [1.29, 1.82) is 0 Å². The fourth-order valence-electron chi connectivity index (χ4n) is 10.2. The molecule has 0 amide bonds. The topological polar surface area (TPSA) is 3.24 Å². The van der Waals surface area contributed by atoms with Crippen molar-refractivity contribution < 1.29 is 0 Å². The molecule has 0 bridgehead atoms. The van der Waals surface area contributed by atoms with E-state index in [9.17, 15) is 0 Å². The van der Waals surface area contributed by atoms with E-state index in [0.29, 0.717) is 0 Å². The Bertz CT molecular complexity index is 3390. The third-order valence-electron chi connectivity index (χ3n) is 12.7. The van der Waals surface area contributed by atoms with E-state index in [2.05, 4.69) is 241 Å². The molecule has 1 heterocycles. The van der Waals surface area contributed by atoms with Crippen molar-refractivity contribution in [3.05, 3.63) is 259 Å². The Morgan fingerprint density at radius 1 is 0.344 bits per heavy atom. The van der Waals surface area contributed by atoms with Gasteiger partial charge in [-0.25, -0.2) is 0 Å². The molecule has 11 aromatic rings. The van der Waals surface area contributed by atoms with Gasteiger partial charge in [0.1, 0.15) is 0 Å². The lowest BCUT2D eigenvalue weighted by molar-refractivity contribution is 0.768. The number of rotatable bonds is 7. The Morgan fingerprint density at radius 3 is 1.75 bits per heavy atom. The van der Waals surface area contributed by atoms with Gasteiger partial charge in [-0.15, -0.1) is 11.3 Å². The molecule has 0 aliphatic heterocycles. The van der Waals surface area contributed by atoms with Gasteiger partial charge in [0.2, 0.25) is 0 Å². The summed E-state index contributed by atoms with van der Waals surface area (Å²) in [7, 11) is 0. The quantitative estimate of drug-likeness (QED) is 0.155. The maximum Gasteiger partial charge on any atom is 0.0714 e. The second kappa shape index (κ2) is 14.3. The van der Waals surface area contributed by atoms with Crippen LogP contribution >= 0.6 is 11.3 Å². The van der Waals surface area contributed by atoms with Crippen molar-refractivity contribution in [2.24, 2.45) is 0 Å². The summed E-state index contributed by atoms with van der Waals surface area (Å²) in [5.74, 6) is 0. The van der Waals surface area contributed by atoms with E-state index in [1.54, 1.807) is 0 Å². The summed E-state index contributed by atoms with van der Waals surface area (Å²) in [6.07, 6.45) is 0. The molecule has 0 N–H and O–H groups in total. The molecule has 1 nitrogen and oxygen atoms in total. The lowest BCUT2D eigenvalue weighted by atomic mass is 9.68. The lowest BCUT2D eigenvalue weighted by Gasteiger charge is -2.34. The van der Waals surface area contributed by atoms with Crippen LogP contribution in [0.1, 0.15) is 22.3 Å². The van der Waals surface area contributed by atoms with E-state index in [0.717, 1.165) is 17.1 Å². The van der Waals surface area contributed by atoms with Crippen LogP contribution in [-0.2, 0) is 5.41 Å². The molecule has 10 aromatic carbocycles. The number of benzene rings is 10. The number of anilines is 3. The summed E-state index contributed by atoms with van der Waals surface area (Å²) >= 11 is 1.86. The summed E-state index contributed by atoms with van der Waals surface area (Å²) in [6, 6.07) is 87.5. The predicted molar refractivity (Wildman–Crippen MR) is 260 cm³/mol. The lowest BCUT2D eigenvalue weighted by Crippen LogP contribution is -2.28. The molecule has 61 heavy (non-hydrogen) atoms. The van der Waals surface area contributed by atoms with Gasteiger partial charge in [0.25, 0.3) is 0 Å². The molecule has 0 atom stereocenters. The monoisotopic (exact) mass is 793 g/mol. The maximum absolute atomic E-state index is 2.53. The van der Waals surface area contributed by atoms with Gasteiger partial charge in [0.05, 0.1) is 16.8 Å². The largest absolute Gasteiger partial charge is 0.309 e. The van der Waals surface area contributed by atoms with E-state index in [4.69, 9.17) is 0 Å². The van der Waals surface area contributed by atoms with Gasteiger partial charge in [-0.2, -0.15) is 0 Å². The zero-order valence-corrected chi connectivity index (χ0v) is 34.2. The van der Waals surface area contributed by atoms with Crippen molar-refractivity contribution in [3.63, 3.8) is 0 Å². The van der Waals surface area contributed by atoms with Gasteiger partial charge in [-0.05, 0) is 97.7 Å². The van der Waals surface area contributed by atoms with Crippen LogP contribution in [0, 0.1) is 0 Å². The van der Waals surface area contributed by atoms with Crippen molar-refractivity contribution in [3.8, 4) is 33.4 Å². The predicted octanol–water partition coefficient (Wildman–Crippen LogP) is 16.4. The van der Waals surface area contributed by atoms with Gasteiger partial charge >= 0.3 is 0 Å². The van der Waals surface area contributed by atoms with E-state index in [1.165, 1.54) is 86.6 Å². The number of para-hydroxylation sites is 1. The summed E-state index contributed by atoms with van der Waals surface area (Å²) in [4.78, 5) is 2.53. The molecule has 0 unspecified atom stereocenters. The molecular formula is C59H39NS. The molecule has 0 radical (unpaired) electrons. The van der Waals surface area contributed by atoms with Crippen LogP contribution in [-0.4, -0.2) is 0 Å². The summed E-state index contributed by atoms with van der Waals surface area (Å²) < 4.78 is 2.62. The molecular weight excluding hydrogens is 755 g/mol. The van der Waals surface area contributed by atoms with Crippen LogP contribution in [0.3, 0.4) is 0 Å². The third kappa shape index (κ3) is 5.53. The molecule has 1 aliphatic rings. The first-order valence-electron chi connectivity index (χ1n) is 21.0. The highest BCUT2D eigenvalue weighted by molar-refractivity contribution is 7.25. The minimum Gasteiger partial charge on any atom is -0.309 e. The second-order valence-corrected chi connectivity index (χ2v) is 17.0. The Kier molecular flexibility index (Phi) is 8.33. The van der Waals surface area contributed by atoms with Crippen molar-refractivity contribution in [2.75, 3.05) is 4.90 Å². The highest BCUT2D eigenvalue weighted by Gasteiger charge is 2.47. The molecule has 0 saturated carbocycles. The SMILES string of the molecule is c1ccc(C2(c3ccccc3)c3ccccc3-c3c(N(c4cccc(-c5cccc6ccccc56)c4)c4ccccc4-c4ccc5sc6ccccc6c5c4)cccc32)cc1. The van der Waals surface area contributed by atoms with Crippen LogP contribution < -0.4 is 4.90 Å². The Balaban J connectivity index is 1.16. The number of fused-ring (bicyclic) bond motifs is 7. The summed E-state index contributed by atoms with van der Waals surface area (Å²) in [6.45, 7) is 0. The molecule has 0 spiro atoms.